The summed E-state index contributed by atoms with van der Waals surface area (Å²) in [6.07, 6.45) is 5.15. The summed E-state index contributed by atoms with van der Waals surface area (Å²) in [5.74, 6) is 0.851. The zero-order chi connectivity index (χ0) is 16.8. The maximum absolute atomic E-state index is 4.34. The summed E-state index contributed by atoms with van der Waals surface area (Å²) in [6.45, 7) is 1.72. The van der Waals surface area contributed by atoms with Gasteiger partial charge in [0.05, 0.1) is 0 Å². The second-order valence-corrected chi connectivity index (χ2v) is 7.04. The van der Waals surface area contributed by atoms with Crippen LogP contribution in [-0.4, -0.2) is 31.1 Å². The number of rotatable bonds is 6. The van der Waals surface area contributed by atoms with E-state index in [0.717, 1.165) is 31.2 Å². The second-order valence-electron chi connectivity index (χ2n) is 6.18. The Kier molecular flexibility index (Phi) is 5.51. The monoisotopic (exact) mass is 386 g/mol. The predicted molar refractivity (Wildman–Crippen MR) is 102 cm³/mol. The summed E-state index contributed by atoms with van der Waals surface area (Å²) in [4.78, 5) is 8.67. The number of hydrogen-bond acceptors (Lipinski definition) is 2. The molecular weight excluding hydrogens is 364 g/mol. The van der Waals surface area contributed by atoms with E-state index in [1.807, 2.05) is 31.4 Å². The van der Waals surface area contributed by atoms with Gasteiger partial charge < -0.3 is 10.6 Å². The van der Waals surface area contributed by atoms with Crippen LogP contribution in [0.1, 0.15) is 24.1 Å². The fourth-order valence-electron chi connectivity index (χ4n) is 2.91. The average Bonchev–Trinajstić information content (AvgIpc) is 3.40. The van der Waals surface area contributed by atoms with Crippen LogP contribution in [0.15, 0.2) is 58.1 Å². The molecule has 1 heterocycles. The van der Waals surface area contributed by atoms with E-state index in [0.29, 0.717) is 0 Å². The minimum atomic E-state index is 0.235. The Balaban J connectivity index is 1.51. The number of benzene rings is 1. The largest absolute Gasteiger partial charge is 0.356 e. The molecule has 0 amide bonds. The highest BCUT2D eigenvalue weighted by Gasteiger charge is 2.45. The van der Waals surface area contributed by atoms with E-state index in [9.17, 15) is 0 Å². The molecule has 2 N–H and O–H groups in total. The van der Waals surface area contributed by atoms with Crippen LogP contribution in [0, 0.1) is 0 Å². The molecule has 1 fully saturated rings. The Morgan fingerprint density at radius 2 is 1.96 bits per heavy atom. The molecule has 24 heavy (non-hydrogen) atoms. The van der Waals surface area contributed by atoms with E-state index >= 15 is 0 Å². The van der Waals surface area contributed by atoms with Crippen molar-refractivity contribution in [2.75, 3.05) is 20.1 Å². The van der Waals surface area contributed by atoms with Gasteiger partial charge in [-0.15, -0.1) is 0 Å². The lowest BCUT2D eigenvalue weighted by atomic mass is 9.96. The second kappa shape index (κ2) is 7.79. The minimum Gasteiger partial charge on any atom is -0.356 e. The summed E-state index contributed by atoms with van der Waals surface area (Å²) in [6, 6.07) is 14.5. The van der Waals surface area contributed by atoms with Gasteiger partial charge in [-0.05, 0) is 36.6 Å². The first-order valence-electron chi connectivity index (χ1n) is 8.33. The number of aliphatic imine (C=N–C) groups is 1. The highest BCUT2D eigenvalue weighted by molar-refractivity contribution is 9.10. The standard InChI is InChI=1S/C19H23BrN4/c1-21-18(23-13-9-15-6-4-5-12-22-15)24-14-19(10-11-19)16-7-2-3-8-17(16)20/h2-8,12H,9-11,13-14H2,1H3,(H2,21,23,24). The highest BCUT2D eigenvalue weighted by atomic mass is 79.9. The molecule has 1 saturated carbocycles. The van der Waals surface area contributed by atoms with Gasteiger partial charge in [0.2, 0.25) is 0 Å². The van der Waals surface area contributed by atoms with Gasteiger partial charge in [-0.1, -0.05) is 40.2 Å². The van der Waals surface area contributed by atoms with Crippen molar-refractivity contribution in [3.63, 3.8) is 0 Å². The van der Waals surface area contributed by atoms with Gasteiger partial charge >= 0.3 is 0 Å². The van der Waals surface area contributed by atoms with Gasteiger partial charge in [0.25, 0.3) is 0 Å². The maximum Gasteiger partial charge on any atom is 0.191 e. The van der Waals surface area contributed by atoms with E-state index in [4.69, 9.17) is 0 Å². The zero-order valence-corrected chi connectivity index (χ0v) is 15.5. The van der Waals surface area contributed by atoms with Crippen LogP contribution in [0.3, 0.4) is 0 Å². The van der Waals surface area contributed by atoms with Crippen LogP contribution < -0.4 is 10.6 Å². The normalized spacial score (nSPS) is 15.8. The smallest absolute Gasteiger partial charge is 0.191 e. The van der Waals surface area contributed by atoms with Gasteiger partial charge in [-0.2, -0.15) is 0 Å². The Labute approximate surface area is 151 Å². The molecular formula is C19H23BrN4. The van der Waals surface area contributed by atoms with Crippen molar-refractivity contribution in [3.05, 3.63) is 64.4 Å². The van der Waals surface area contributed by atoms with E-state index in [1.54, 1.807) is 0 Å². The van der Waals surface area contributed by atoms with Crippen molar-refractivity contribution in [3.8, 4) is 0 Å². The minimum absolute atomic E-state index is 0.235. The summed E-state index contributed by atoms with van der Waals surface area (Å²) < 4.78 is 1.20. The van der Waals surface area contributed by atoms with Crippen molar-refractivity contribution < 1.29 is 0 Å². The molecule has 1 aliphatic carbocycles. The van der Waals surface area contributed by atoms with Gasteiger partial charge in [0.15, 0.2) is 5.96 Å². The molecule has 1 aliphatic rings. The highest BCUT2D eigenvalue weighted by Crippen LogP contribution is 2.49. The number of aromatic nitrogens is 1. The quantitative estimate of drug-likeness (QED) is 0.591. The SMILES string of the molecule is CN=C(NCCc1ccccn1)NCC1(c2ccccc2Br)CC1. The fraction of sp³-hybridized carbons (Fsp3) is 0.368. The third kappa shape index (κ3) is 4.15. The molecule has 0 bridgehead atoms. The maximum atomic E-state index is 4.34. The number of nitrogens with one attached hydrogen (secondary N) is 2. The summed E-state index contributed by atoms with van der Waals surface area (Å²) >= 11 is 3.68. The molecule has 0 radical (unpaired) electrons. The Morgan fingerprint density at radius 1 is 1.17 bits per heavy atom. The van der Waals surface area contributed by atoms with Gasteiger partial charge in [0.1, 0.15) is 0 Å². The van der Waals surface area contributed by atoms with E-state index in [-0.39, 0.29) is 5.41 Å². The van der Waals surface area contributed by atoms with Crippen molar-refractivity contribution in [2.45, 2.75) is 24.7 Å². The number of guanidine groups is 1. The van der Waals surface area contributed by atoms with Crippen LogP contribution >= 0.6 is 15.9 Å². The molecule has 0 saturated heterocycles. The molecule has 1 aromatic carbocycles. The molecule has 4 nitrogen and oxygen atoms in total. The van der Waals surface area contributed by atoms with Gasteiger partial charge in [0, 0.05) is 48.3 Å². The topological polar surface area (TPSA) is 49.3 Å². The average molecular weight is 387 g/mol. The summed E-state index contributed by atoms with van der Waals surface area (Å²) in [5, 5.41) is 6.85. The first-order chi connectivity index (χ1) is 11.7. The molecule has 0 unspecified atom stereocenters. The van der Waals surface area contributed by atoms with Gasteiger partial charge in [-0.25, -0.2) is 0 Å². The van der Waals surface area contributed by atoms with E-state index < -0.39 is 0 Å². The number of nitrogens with zero attached hydrogens (tertiary/aromatic N) is 2. The fourth-order valence-corrected chi connectivity index (χ4v) is 3.62. The number of halogens is 1. The van der Waals surface area contributed by atoms with Crippen molar-refractivity contribution >= 4 is 21.9 Å². The lowest BCUT2D eigenvalue weighted by Crippen LogP contribution is -2.42. The van der Waals surface area contributed by atoms with Crippen molar-refractivity contribution in [2.24, 2.45) is 4.99 Å². The third-order valence-electron chi connectivity index (χ3n) is 4.52. The molecule has 3 rings (SSSR count). The van der Waals surface area contributed by atoms with Crippen molar-refractivity contribution in [1.82, 2.24) is 15.6 Å². The Hall–Kier alpha value is -1.88. The van der Waals surface area contributed by atoms with Crippen LogP contribution in [-0.2, 0) is 11.8 Å². The van der Waals surface area contributed by atoms with Crippen molar-refractivity contribution in [1.29, 1.82) is 0 Å². The first kappa shape index (κ1) is 17.0. The Bertz CT molecular complexity index is 696. The van der Waals surface area contributed by atoms with Crippen LogP contribution in [0.4, 0.5) is 0 Å². The predicted octanol–water partition coefficient (Wildman–Crippen LogP) is 3.28. The molecule has 0 atom stereocenters. The molecule has 0 aliphatic heterocycles. The van der Waals surface area contributed by atoms with Crippen LogP contribution in [0.25, 0.3) is 0 Å². The number of pyridine rings is 1. The van der Waals surface area contributed by atoms with Crippen LogP contribution in [0.5, 0.6) is 0 Å². The summed E-state index contributed by atoms with van der Waals surface area (Å²) in [5.41, 5.74) is 2.72. The number of hydrogen-bond donors (Lipinski definition) is 2. The Morgan fingerprint density at radius 3 is 2.62 bits per heavy atom. The zero-order valence-electron chi connectivity index (χ0n) is 13.9. The summed E-state index contributed by atoms with van der Waals surface area (Å²) in [7, 11) is 1.81. The lowest BCUT2D eigenvalue weighted by Gasteiger charge is -2.20. The third-order valence-corrected chi connectivity index (χ3v) is 5.21. The lowest BCUT2D eigenvalue weighted by molar-refractivity contribution is 0.642. The molecule has 2 aromatic rings. The molecule has 1 aromatic heterocycles. The van der Waals surface area contributed by atoms with E-state index in [1.165, 1.54) is 22.9 Å². The molecule has 126 valence electrons. The molecule has 5 heteroatoms. The van der Waals surface area contributed by atoms with Gasteiger partial charge in [-0.3, -0.25) is 9.98 Å². The van der Waals surface area contributed by atoms with E-state index in [2.05, 4.69) is 60.8 Å². The first-order valence-corrected chi connectivity index (χ1v) is 9.12. The van der Waals surface area contributed by atoms with Crippen LogP contribution in [0.2, 0.25) is 0 Å². The molecule has 0 spiro atoms.